The average molecular weight is 197 g/mol. The summed E-state index contributed by atoms with van der Waals surface area (Å²) in [6, 6.07) is 0. The van der Waals surface area contributed by atoms with E-state index in [4.69, 9.17) is 5.11 Å². The number of carboxylic acid groups (broad SMARTS) is 1. The molecule has 0 amide bonds. The SMILES string of the molecule is C=CCN(CC(=O)O)CC1CCCC1. The van der Waals surface area contributed by atoms with E-state index in [0.29, 0.717) is 12.5 Å². The normalized spacial score (nSPS) is 17.5. The molecular formula is C11H19NO2. The Morgan fingerprint density at radius 1 is 1.50 bits per heavy atom. The van der Waals surface area contributed by atoms with Crippen molar-refractivity contribution in [2.75, 3.05) is 19.6 Å². The molecule has 0 aromatic heterocycles. The first kappa shape index (κ1) is 11.2. The molecule has 1 rings (SSSR count). The molecule has 0 aromatic carbocycles. The zero-order valence-electron chi connectivity index (χ0n) is 8.61. The summed E-state index contributed by atoms with van der Waals surface area (Å²) in [6.45, 7) is 5.39. The second-order valence-electron chi connectivity index (χ2n) is 4.03. The van der Waals surface area contributed by atoms with E-state index in [0.717, 1.165) is 6.54 Å². The second-order valence-corrected chi connectivity index (χ2v) is 4.03. The van der Waals surface area contributed by atoms with Crippen LogP contribution in [0.4, 0.5) is 0 Å². The Morgan fingerprint density at radius 3 is 2.64 bits per heavy atom. The lowest BCUT2D eigenvalue weighted by Gasteiger charge is -2.21. The number of carboxylic acids is 1. The first-order valence-corrected chi connectivity index (χ1v) is 5.27. The molecule has 0 unspecified atom stereocenters. The minimum Gasteiger partial charge on any atom is -0.480 e. The number of aliphatic carboxylic acids is 1. The fraction of sp³-hybridized carbons (Fsp3) is 0.727. The molecule has 1 aliphatic rings. The van der Waals surface area contributed by atoms with Gasteiger partial charge in [-0.25, -0.2) is 0 Å². The Labute approximate surface area is 85.4 Å². The van der Waals surface area contributed by atoms with Crippen molar-refractivity contribution in [3.8, 4) is 0 Å². The molecule has 3 heteroatoms. The van der Waals surface area contributed by atoms with E-state index in [9.17, 15) is 4.79 Å². The zero-order chi connectivity index (χ0) is 10.4. The molecule has 14 heavy (non-hydrogen) atoms. The maximum absolute atomic E-state index is 10.6. The number of nitrogens with zero attached hydrogens (tertiary/aromatic N) is 1. The smallest absolute Gasteiger partial charge is 0.317 e. The molecule has 0 heterocycles. The van der Waals surface area contributed by atoms with E-state index in [2.05, 4.69) is 6.58 Å². The first-order valence-electron chi connectivity index (χ1n) is 5.27. The molecule has 80 valence electrons. The van der Waals surface area contributed by atoms with Gasteiger partial charge in [-0.2, -0.15) is 0 Å². The van der Waals surface area contributed by atoms with Crippen LogP contribution >= 0.6 is 0 Å². The average Bonchev–Trinajstić information content (AvgIpc) is 2.56. The fourth-order valence-corrected chi connectivity index (χ4v) is 2.14. The predicted octanol–water partition coefficient (Wildman–Crippen LogP) is 1.75. The van der Waals surface area contributed by atoms with Gasteiger partial charge in [-0.15, -0.1) is 6.58 Å². The van der Waals surface area contributed by atoms with Gasteiger partial charge in [-0.1, -0.05) is 18.9 Å². The third-order valence-electron chi connectivity index (χ3n) is 2.74. The first-order chi connectivity index (χ1) is 6.72. The van der Waals surface area contributed by atoms with Crippen LogP contribution in [0.2, 0.25) is 0 Å². The van der Waals surface area contributed by atoms with Gasteiger partial charge in [0.1, 0.15) is 0 Å². The molecule has 3 nitrogen and oxygen atoms in total. The van der Waals surface area contributed by atoms with Crippen LogP contribution in [-0.2, 0) is 4.79 Å². The van der Waals surface area contributed by atoms with Crippen molar-refractivity contribution < 1.29 is 9.90 Å². The monoisotopic (exact) mass is 197 g/mol. The zero-order valence-corrected chi connectivity index (χ0v) is 8.61. The number of carbonyl (C=O) groups is 1. The highest BCUT2D eigenvalue weighted by molar-refractivity contribution is 5.69. The topological polar surface area (TPSA) is 40.5 Å². The van der Waals surface area contributed by atoms with Gasteiger partial charge in [0.15, 0.2) is 0 Å². The number of rotatable bonds is 6. The lowest BCUT2D eigenvalue weighted by atomic mass is 10.1. The molecule has 0 saturated heterocycles. The Bertz CT molecular complexity index is 197. The molecule has 0 atom stereocenters. The lowest BCUT2D eigenvalue weighted by molar-refractivity contribution is -0.138. The highest BCUT2D eigenvalue weighted by Gasteiger charge is 2.19. The van der Waals surface area contributed by atoms with E-state index in [1.807, 2.05) is 4.90 Å². The van der Waals surface area contributed by atoms with Gasteiger partial charge in [0.05, 0.1) is 6.54 Å². The van der Waals surface area contributed by atoms with E-state index < -0.39 is 5.97 Å². The van der Waals surface area contributed by atoms with E-state index in [-0.39, 0.29) is 6.54 Å². The summed E-state index contributed by atoms with van der Waals surface area (Å²) in [5.74, 6) is -0.0425. The Balaban J connectivity index is 2.32. The molecule has 1 aliphatic carbocycles. The van der Waals surface area contributed by atoms with Gasteiger partial charge in [-0.3, -0.25) is 9.69 Å². The maximum atomic E-state index is 10.6. The molecule has 0 radical (unpaired) electrons. The van der Waals surface area contributed by atoms with Crippen molar-refractivity contribution >= 4 is 5.97 Å². The fourth-order valence-electron chi connectivity index (χ4n) is 2.14. The Kier molecular flexibility index (Phi) is 4.66. The van der Waals surface area contributed by atoms with Gasteiger partial charge in [0.25, 0.3) is 0 Å². The highest BCUT2D eigenvalue weighted by atomic mass is 16.4. The third-order valence-corrected chi connectivity index (χ3v) is 2.74. The molecule has 0 aromatic rings. The van der Waals surface area contributed by atoms with E-state index in [1.54, 1.807) is 6.08 Å². The molecule has 0 spiro atoms. The minimum atomic E-state index is -0.746. The van der Waals surface area contributed by atoms with Gasteiger partial charge in [0, 0.05) is 13.1 Å². The molecule has 0 bridgehead atoms. The summed E-state index contributed by atoms with van der Waals surface area (Å²) in [5, 5.41) is 8.71. The van der Waals surface area contributed by atoms with Crippen molar-refractivity contribution in [3.05, 3.63) is 12.7 Å². The van der Waals surface area contributed by atoms with Crippen molar-refractivity contribution in [2.24, 2.45) is 5.92 Å². The third kappa shape index (κ3) is 3.92. The van der Waals surface area contributed by atoms with Crippen molar-refractivity contribution in [1.29, 1.82) is 0 Å². The van der Waals surface area contributed by atoms with Gasteiger partial charge in [-0.05, 0) is 18.8 Å². The van der Waals surface area contributed by atoms with Crippen molar-refractivity contribution in [1.82, 2.24) is 4.90 Å². The van der Waals surface area contributed by atoms with E-state index >= 15 is 0 Å². The van der Waals surface area contributed by atoms with Crippen LogP contribution in [0.15, 0.2) is 12.7 Å². The minimum absolute atomic E-state index is 0.141. The van der Waals surface area contributed by atoms with E-state index in [1.165, 1.54) is 25.7 Å². The molecule has 1 fully saturated rings. The maximum Gasteiger partial charge on any atom is 0.317 e. The van der Waals surface area contributed by atoms with Crippen LogP contribution in [0.1, 0.15) is 25.7 Å². The standard InChI is InChI=1S/C11H19NO2/c1-2-7-12(9-11(13)14)8-10-5-3-4-6-10/h2,10H,1,3-9H2,(H,13,14). The number of hydrogen-bond donors (Lipinski definition) is 1. The Hall–Kier alpha value is -0.830. The van der Waals surface area contributed by atoms with Crippen LogP contribution in [0.5, 0.6) is 0 Å². The van der Waals surface area contributed by atoms with Crippen LogP contribution in [-0.4, -0.2) is 35.6 Å². The largest absolute Gasteiger partial charge is 0.480 e. The van der Waals surface area contributed by atoms with Crippen LogP contribution < -0.4 is 0 Å². The van der Waals surface area contributed by atoms with Crippen molar-refractivity contribution in [2.45, 2.75) is 25.7 Å². The molecule has 1 N–H and O–H groups in total. The summed E-state index contributed by atoms with van der Waals surface area (Å²) >= 11 is 0. The number of hydrogen-bond acceptors (Lipinski definition) is 2. The summed E-state index contributed by atoms with van der Waals surface area (Å²) < 4.78 is 0. The summed E-state index contributed by atoms with van der Waals surface area (Å²) in [7, 11) is 0. The second kappa shape index (κ2) is 5.81. The summed E-state index contributed by atoms with van der Waals surface area (Å²) in [4.78, 5) is 12.5. The van der Waals surface area contributed by atoms with Crippen LogP contribution in [0.25, 0.3) is 0 Å². The predicted molar refractivity (Wildman–Crippen MR) is 56.2 cm³/mol. The molecule has 0 aliphatic heterocycles. The van der Waals surface area contributed by atoms with Gasteiger partial charge in [0.2, 0.25) is 0 Å². The lowest BCUT2D eigenvalue weighted by Crippen LogP contribution is -2.33. The van der Waals surface area contributed by atoms with Gasteiger partial charge < -0.3 is 5.11 Å². The summed E-state index contributed by atoms with van der Waals surface area (Å²) in [6.07, 6.45) is 6.90. The Morgan fingerprint density at radius 2 is 2.14 bits per heavy atom. The highest BCUT2D eigenvalue weighted by Crippen LogP contribution is 2.25. The van der Waals surface area contributed by atoms with Crippen LogP contribution in [0.3, 0.4) is 0 Å². The van der Waals surface area contributed by atoms with Crippen LogP contribution in [0, 0.1) is 5.92 Å². The summed E-state index contributed by atoms with van der Waals surface area (Å²) in [5.41, 5.74) is 0. The molecular weight excluding hydrogens is 178 g/mol. The molecule has 1 saturated carbocycles. The quantitative estimate of drug-likeness (QED) is 0.659. The van der Waals surface area contributed by atoms with Crippen molar-refractivity contribution in [3.63, 3.8) is 0 Å². The van der Waals surface area contributed by atoms with Gasteiger partial charge >= 0.3 is 5.97 Å².